The molecule has 0 atom stereocenters. The fourth-order valence-electron chi connectivity index (χ4n) is 1.89. The average molecular weight is 419 g/mol. The largest absolute Gasteiger partial charge is 0.491 e. The maximum Gasteiger partial charge on any atom is 0.191 e. The molecule has 0 aromatic heterocycles. The van der Waals surface area contributed by atoms with Crippen LogP contribution in [0.1, 0.15) is 39.7 Å². The van der Waals surface area contributed by atoms with E-state index in [0.717, 1.165) is 31.2 Å². The summed E-state index contributed by atoms with van der Waals surface area (Å²) < 4.78 is 5.71. The van der Waals surface area contributed by atoms with Gasteiger partial charge < -0.3 is 15.4 Å². The van der Waals surface area contributed by atoms with E-state index in [1.165, 1.54) is 5.56 Å². The minimum atomic E-state index is 0. The lowest BCUT2D eigenvalue weighted by Crippen LogP contribution is -2.37. The molecule has 2 N–H and O–H groups in total. The predicted molar refractivity (Wildman–Crippen MR) is 105 cm³/mol. The molecule has 0 saturated carbocycles. The lowest BCUT2D eigenvalue weighted by molar-refractivity contribution is 0.242. The van der Waals surface area contributed by atoms with Crippen molar-refractivity contribution in [3.05, 3.63) is 29.8 Å². The fourth-order valence-corrected chi connectivity index (χ4v) is 1.89. The van der Waals surface area contributed by atoms with Crippen molar-refractivity contribution in [1.29, 1.82) is 0 Å². The summed E-state index contributed by atoms with van der Waals surface area (Å²) in [4.78, 5) is 4.23. The van der Waals surface area contributed by atoms with Crippen LogP contribution in [0.3, 0.4) is 0 Å². The highest BCUT2D eigenvalue weighted by atomic mass is 127. The summed E-state index contributed by atoms with van der Waals surface area (Å²) in [7, 11) is 1.79. The SMILES string of the molecule is CN=C(NCCC(C)C)NCc1cccc(OC(C)C)c1.I. The summed E-state index contributed by atoms with van der Waals surface area (Å²) in [6, 6.07) is 8.15. The minimum Gasteiger partial charge on any atom is -0.491 e. The van der Waals surface area contributed by atoms with Gasteiger partial charge in [-0.25, -0.2) is 0 Å². The van der Waals surface area contributed by atoms with Gasteiger partial charge in [-0.15, -0.1) is 24.0 Å². The van der Waals surface area contributed by atoms with Gasteiger partial charge in [0.25, 0.3) is 0 Å². The monoisotopic (exact) mass is 419 g/mol. The number of benzene rings is 1. The number of ether oxygens (including phenoxy) is 1. The summed E-state index contributed by atoms with van der Waals surface area (Å²) >= 11 is 0. The first-order valence-electron chi connectivity index (χ1n) is 7.71. The van der Waals surface area contributed by atoms with Crippen LogP contribution in [-0.4, -0.2) is 25.7 Å². The molecule has 0 aliphatic heterocycles. The molecule has 0 radical (unpaired) electrons. The van der Waals surface area contributed by atoms with E-state index in [2.05, 4.69) is 41.6 Å². The molecule has 1 aromatic rings. The van der Waals surface area contributed by atoms with Crippen LogP contribution in [0.15, 0.2) is 29.3 Å². The number of nitrogens with zero attached hydrogens (tertiary/aromatic N) is 1. The number of hydrogen-bond donors (Lipinski definition) is 2. The van der Waals surface area contributed by atoms with E-state index in [4.69, 9.17) is 4.74 Å². The molecule has 4 nitrogen and oxygen atoms in total. The lowest BCUT2D eigenvalue weighted by Gasteiger charge is -2.14. The molecule has 5 heteroatoms. The first-order valence-corrected chi connectivity index (χ1v) is 7.71. The molecule has 0 aliphatic rings. The Morgan fingerprint density at radius 2 is 1.91 bits per heavy atom. The van der Waals surface area contributed by atoms with Crippen molar-refractivity contribution in [2.24, 2.45) is 10.9 Å². The van der Waals surface area contributed by atoms with Gasteiger partial charge in [0.05, 0.1) is 6.10 Å². The van der Waals surface area contributed by atoms with Crippen molar-refractivity contribution in [3.8, 4) is 5.75 Å². The smallest absolute Gasteiger partial charge is 0.191 e. The van der Waals surface area contributed by atoms with Crippen LogP contribution in [0, 0.1) is 5.92 Å². The molecule has 22 heavy (non-hydrogen) atoms. The standard InChI is InChI=1S/C17H29N3O.HI/c1-13(2)9-10-19-17(18-5)20-12-15-7-6-8-16(11-15)21-14(3)4;/h6-8,11,13-14H,9-10,12H2,1-5H3,(H2,18,19,20);1H. The van der Waals surface area contributed by atoms with Crippen molar-refractivity contribution in [1.82, 2.24) is 10.6 Å². The second-order valence-corrected chi connectivity index (χ2v) is 5.85. The van der Waals surface area contributed by atoms with E-state index in [9.17, 15) is 0 Å². The van der Waals surface area contributed by atoms with Crippen LogP contribution in [0.2, 0.25) is 0 Å². The van der Waals surface area contributed by atoms with E-state index in [1.54, 1.807) is 7.05 Å². The van der Waals surface area contributed by atoms with Crippen LogP contribution >= 0.6 is 24.0 Å². The number of rotatable bonds is 7. The van der Waals surface area contributed by atoms with Gasteiger partial charge in [-0.3, -0.25) is 4.99 Å². The van der Waals surface area contributed by atoms with E-state index in [0.29, 0.717) is 5.92 Å². The summed E-state index contributed by atoms with van der Waals surface area (Å²) in [6.07, 6.45) is 1.33. The normalized spacial score (nSPS) is 11.3. The Kier molecular flexibility index (Phi) is 11.1. The molecule has 0 spiro atoms. The Morgan fingerprint density at radius 1 is 1.18 bits per heavy atom. The van der Waals surface area contributed by atoms with Gasteiger partial charge in [-0.05, 0) is 43.9 Å². The Bertz CT molecular complexity index is 447. The molecular formula is C17H30IN3O. The zero-order valence-electron chi connectivity index (χ0n) is 14.3. The Balaban J connectivity index is 0.00000441. The minimum absolute atomic E-state index is 0. The highest BCUT2D eigenvalue weighted by molar-refractivity contribution is 14.0. The Labute approximate surface area is 152 Å². The Morgan fingerprint density at radius 3 is 2.50 bits per heavy atom. The second kappa shape index (κ2) is 11.6. The summed E-state index contributed by atoms with van der Waals surface area (Å²) in [5.41, 5.74) is 1.18. The Hall–Kier alpha value is -0.980. The quantitative estimate of drug-likeness (QED) is 0.402. The topological polar surface area (TPSA) is 45.7 Å². The third kappa shape index (κ3) is 9.12. The third-order valence-electron chi connectivity index (χ3n) is 2.97. The van der Waals surface area contributed by atoms with Crippen molar-refractivity contribution in [3.63, 3.8) is 0 Å². The molecule has 0 unspecified atom stereocenters. The number of hydrogen-bond acceptors (Lipinski definition) is 2. The van der Waals surface area contributed by atoms with Gasteiger partial charge in [0, 0.05) is 20.1 Å². The predicted octanol–water partition coefficient (Wildman–Crippen LogP) is 3.80. The summed E-state index contributed by atoms with van der Waals surface area (Å²) in [6.45, 7) is 10.2. The maximum absolute atomic E-state index is 5.71. The van der Waals surface area contributed by atoms with Crippen molar-refractivity contribution >= 4 is 29.9 Å². The molecule has 0 bridgehead atoms. The number of halogens is 1. The van der Waals surface area contributed by atoms with Crippen LogP contribution in [0.5, 0.6) is 5.75 Å². The highest BCUT2D eigenvalue weighted by Gasteiger charge is 2.02. The zero-order chi connectivity index (χ0) is 15.7. The van der Waals surface area contributed by atoms with Crippen LogP contribution < -0.4 is 15.4 Å². The van der Waals surface area contributed by atoms with E-state index in [1.807, 2.05) is 26.0 Å². The van der Waals surface area contributed by atoms with Crippen LogP contribution in [-0.2, 0) is 6.54 Å². The van der Waals surface area contributed by atoms with Gasteiger partial charge >= 0.3 is 0 Å². The molecule has 1 rings (SSSR count). The van der Waals surface area contributed by atoms with E-state index in [-0.39, 0.29) is 30.1 Å². The fraction of sp³-hybridized carbons (Fsp3) is 0.588. The van der Waals surface area contributed by atoms with Crippen LogP contribution in [0.25, 0.3) is 0 Å². The van der Waals surface area contributed by atoms with Gasteiger partial charge in [0.1, 0.15) is 5.75 Å². The average Bonchev–Trinajstić information content (AvgIpc) is 2.42. The molecule has 0 fully saturated rings. The highest BCUT2D eigenvalue weighted by Crippen LogP contribution is 2.14. The summed E-state index contributed by atoms with van der Waals surface area (Å²) in [5, 5.41) is 6.65. The number of guanidine groups is 1. The van der Waals surface area contributed by atoms with Crippen molar-refractivity contribution in [2.45, 2.75) is 46.8 Å². The molecule has 0 heterocycles. The lowest BCUT2D eigenvalue weighted by atomic mass is 10.1. The number of aliphatic imine (C=N–C) groups is 1. The first-order chi connectivity index (χ1) is 10.0. The molecule has 0 aliphatic carbocycles. The van der Waals surface area contributed by atoms with Crippen molar-refractivity contribution in [2.75, 3.05) is 13.6 Å². The molecule has 0 saturated heterocycles. The second-order valence-electron chi connectivity index (χ2n) is 5.85. The first kappa shape index (κ1) is 21.0. The molecule has 1 aromatic carbocycles. The summed E-state index contributed by atoms with van der Waals surface area (Å²) in [5.74, 6) is 2.44. The van der Waals surface area contributed by atoms with E-state index >= 15 is 0 Å². The van der Waals surface area contributed by atoms with Gasteiger partial charge in [-0.1, -0.05) is 26.0 Å². The van der Waals surface area contributed by atoms with E-state index < -0.39 is 0 Å². The maximum atomic E-state index is 5.71. The molecule has 0 amide bonds. The van der Waals surface area contributed by atoms with Crippen LogP contribution in [0.4, 0.5) is 0 Å². The van der Waals surface area contributed by atoms with Gasteiger partial charge in [-0.2, -0.15) is 0 Å². The third-order valence-corrected chi connectivity index (χ3v) is 2.97. The molecular weight excluding hydrogens is 389 g/mol. The van der Waals surface area contributed by atoms with Gasteiger partial charge in [0.2, 0.25) is 0 Å². The van der Waals surface area contributed by atoms with Crippen molar-refractivity contribution < 1.29 is 4.74 Å². The zero-order valence-corrected chi connectivity index (χ0v) is 16.7. The number of nitrogens with one attached hydrogen (secondary N) is 2. The van der Waals surface area contributed by atoms with Gasteiger partial charge in [0.15, 0.2) is 5.96 Å². The molecule has 126 valence electrons.